The van der Waals surface area contributed by atoms with Crippen molar-refractivity contribution in [2.75, 3.05) is 6.54 Å². The van der Waals surface area contributed by atoms with Crippen LogP contribution in [0.2, 0.25) is 0 Å². The van der Waals surface area contributed by atoms with Crippen LogP contribution in [0.25, 0.3) is 21.8 Å². The minimum atomic E-state index is -0.910. The van der Waals surface area contributed by atoms with Crippen molar-refractivity contribution < 1.29 is 19.4 Å². The van der Waals surface area contributed by atoms with Crippen molar-refractivity contribution in [1.82, 2.24) is 9.88 Å². The lowest BCUT2D eigenvalue weighted by atomic mass is 10.1. The molecule has 1 fully saturated rings. The molecular weight excluding hydrogens is 332 g/mol. The number of carbonyl (C=O) groups excluding carboxylic acids is 1. The molecule has 2 aromatic carbocycles. The molecule has 26 heavy (non-hydrogen) atoms. The maximum atomic E-state index is 12.2. The normalized spacial score (nSPS) is 20.4. The Labute approximate surface area is 150 Å². The third kappa shape index (κ3) is 3.04. The van der Waals surface area contributed by atoms with Crippen LogP contribution in [-0.4, -0.2) is 40.3 Å². The number of morpholine rings is 1. The van der Waals surface area contributed by atoms with Crippen molar-refractivity contribution in [2.45, 2.75) is 31.5 Å². The molecule has 1 aliphatic heterocycles. The fourth-order valence-electron chi connectivity index (χ4n) is 3.64. The van der Waals surface area contributed by atoms with Crippen LogP contribution in [0.4, 0.5) is 0 Å². The summed E-state index contributed by atoms with van der Waals surface area (Å²) in [6.07, 6.45) is -0.0941. The maximum Gasteiger partial charge on any atom is 0.323 e. The number of nitrogens with one attached hydrogen (secondary N) is 1. The largest absolute Gasteiger partial charge is 0.481 e. The van der Waals surface area contributed by atoms with Gasteiger partial charge in [0.25, 0.3) is 0 Å². The topological polar surface area (TPSA) is 80.6 Å². The van der Waals surface area contributed by atoms with Gasteiger partial charge in [0.2, 0.25) is 0 Å². The number of ether oxygens (including phenoxy) is 1. The summed E-state index contributed by atoms with van der Waals surface area (Å²) >= 11 is 0. The van der Waals surface area contributed by atoms with Crippen molar-refractivity contribution >= 4 is 33.7 Å². The number of fused-ring (bicyclic) bond motifs is 3. The van der Waals surface area contributed by atoms with E-state index in [9.17, 15) is 9.59 Å². The van der Waals surface area contributed by atoms with Gasteiger partial charge in [-0.3, -0.25) is 9.59 Å². The molecular formula is C20H20N2O4. The summed E-state index contributed by atoms with van der Waals surface area (Å²) in [5.74, 6) is -1.28. The molecule has 0 radical (unpaired) electrons. The van der Waals surface area contributed by atoms with Gasteiger partial charge in [0.1, 0.15) is 12.1 Å². The van der Waals surface area contributed by atoms with Crippen LogP contribution in [0.5, 0.6) is 0 Å². The average molecular weight is 352 g/mol. The Morgan fingerprint density at radius 2 is 1.73 bits per heavy atom. The Kier molecular flexibility index (Phi) is 4.34. The first-order chi connectivity index (χ1) is 12.6. The van der Waals surface area contributed by atoms with Gasteiger partial charge in [0, 0.05) is 34.8 Å². The van der Waals surface area contributed by atoms with Gasteiger partial charge in [0.05, 0.1) is 6.54 Å². The highest BCUT2D eigenvalue weighted by molar-refractivity contribution is 6.07. The van der Waals surface area contributed by atoms with Crippen LogP contribution in [0.1, 0.15) is 12.8 Å². The number of hydrogen-bond acceptors (Lipinski definition) is 4. The number of cyclic esters (lactones) is 1. The highest BCUT2D eigenvalue weighted by Gasteiger charge is 2.30. The first-order valence-electron chi connectivity index (χ1n) is 8.75. The lowest BCUT2D eigenvalue weighted by Gasteiger charge is -2.29. The molecule has 2 unspecified atom stereocenters. The number of para-hydroxylation sites is 2. The van der Waals surface area contributed by atoms with Crippen LogP contribution >= 0.6 is 0 Å². The number of aromatic nitrogens is 1. The van der Waals surface area contributed by atoms with E-state index < -0.39 is 12.0 Å². The van der Waals surface area contributed by atoms with E-state index in [1.54, 1.807) is 0 Å². The fourth-order valence-corrected chi connectivity index (χ4v) is 3.64. The van der Waals surface area contributed by atoms with E-state index >= 15 is 0 Å². The molecule has 1 aliphatic rings. The number of carboxylic acid groups (broad SMARTS) is 1. The minimum absolute atomic E-state index is 0.0513. The zero-order valence-electron chi connectivity index (χ0n) is 14.2. The first kappa shape index (κ1) is 16.6. The van der Waals surface area contributed by atoms with E-state index in [2.05, 4.69) is 34.1 Å². The van der Waals surface area contributed by atoms with E-state index in [-0.39, 0.29) is 24.9 Å². The molecule has 1 aromatic heterocycles. The molecule has 3 aromatic rings. The third-order valence-electron chi connectivity index (χ3n) is 4.87. The van der Waals surface area contributed by atoms with Gasteiger partial charge in [-0.05, 0) is 18.6 Å². The first-order valence-corrected chi connectivity index (χ1v) is 8.75. The predicted octanol–water partition coefficient (Wildman–Crippen LogP) is 2.54. The van der Waals surface area contributed by atoms with E-state index in [0.717, 1.165) is 11.0 Å². The van der Waals surface area contributed by atoms with Gasteiger partial charge >= 0.3 is 11.9 Å². The second kappa shape index (κ2) is 6.80. The summed E-state index contributed by atoms with van der Waals surface area (Å²) < 4.78 is 7.77. The van der Waals surface area contributed by atoms with Gasteiger partial charge in [0.15, 0.2) is 0 Å². The predicted molar refractivity (Wildman–Crippen MR) is 98.0 cm³/mol. The van der Waals surface area contributed by atoms with E-state index in [0.29, 0.717) is 13.1 Å². The molecule has 1 saturated heterocycles. The molecule has 2 N–H and O–H groups in total. The fraction of sp³-hybridized carbons (Fsp3) is 0.300. The van der Waals surface area contributed by atoms with Crippen molar-refractivity contribution in [3.8, 4) is 0 Å². The van der Waals surface area contributed by atoms with Crippen molar-refractivity contribution in [3.63, 3.8) is 0 Å². The summed E-state index contributed by atoms with van der Waals surface area (Å²) in [5, 5.41) is 14.3. The van der Waals surface area contributed by atoms with Crippen LogP contribution in [-0.2, 0) is 20.9 Å². The van der Waals surface area contributed by atoms with E-state index in [1.165, 1.54) is 10.8 Å². The Morgan fingerprint density at radius 3 is 2.31 bits per heavy atom. The second-order valence-electron chi connectivity index (χ2n) is 6.60. The number of carbonyl (C=O) groups is 2. The zero-order valence-corrected chi connectivity index (χ0v) is 14.2. The van der Waals surface area contributed by atoms with Gasteiger partial charge in [-0.25, -0.2) is 0 Å². The monoisotopic (exact) mass is 352 g/mol. The highest BCUT2D eigenvalue weighted by Crippen LogP contribution is 2.29. The molecule has 2 atom stereocenters. The lowest BCUT2D eigenvalue weighted by Crippen LogP contribution is -2.51. The number of carboxylic acids is 1. The smallest absolute Gasteiger partial charge is 0.323 e. The molecule has 0 saturated carbocycles. The summed E-state index contributed by atoms with van der Waals surface area (Å²) in [6, 6.07) is 15.9. The SMILES string of the molecule is O=C(O)CCC1NCC(Cn2c3ccccc3c3ccccc32)OC1=O. The molecule has 0 amide bonds. The number of rotatable bonds is 5. The van der Waals surface area contributed by atoms with Gasteiger partial charge in [-0.1, -0.05) is 36.4 Å². The Hall–Kier alpha value is -2.86. The number of hydrogen-bond donors (Lipinski definition) is 2. The molecule has 0 bridgehead atoms. The highest BCUT2D eigenvalue weighted by atomic mass is 16.5. The molecule has 4 rings (SSSR count). The van der Waals surface area contributed by atoms with Crippen LogP contribution < -0.4 is 5.32 Å². The molecule has 0 spiro atoms. The number of benzene rings is 2. The summed E-state index contributed by atoms with van der Waals surface area (Å²) in [7, 11) is 0. The molecule has 6 heteroatoms. The van der Waals surface area contributed by atoms with Crippen LogP contribution in [0.15, 0.2) is 48.5 Å². The Morgan fingerprint density at radius 1 is 1.12 bits per heavy atom. The standard InChI is InChI=1S/C20H20N2O4/c23-19(24)10-9-16-20(25)26-13(11-21-16)12-22-17-7-3-1-5-14(17)15-6-2-4-8-18(15)22/h1-8,13,16,21H,9-12H2,(H,23,24). The number of aliphatic carboxylic acids is 1. The van der Waals surface area contributed by atoms with E-state index in [1.807, 2.05) is 24.3 Å². The molecule has 2 heterocycles. The van der Waals surface area contributed by atoms with Gasteiger partial charge in [-0.2, -0.15) is 0 Å². The molecule has 134 valence electrons. The maximum absolute atomic E-state index is 12.2. The average Bonchev–Trinajstić information content (AvgIpc) is 2.95. The zero-order chi connectivity index (χ0) is 18.1. The second-order valence-corrected chi connectivity index (χ2v) is 6.60. The van der Waals surface area contributed by atoms with Gasteiger partial charge in [-0.15, -0.1) is 0 Å². The Balaban J connectivity index is 1.56. The third-order valence-corrected chi connectivity index (χ3v) is 4.87. The molecule has 6 nitrogen and oxygen atoms in total. The number of nitrogens with zero attached hydrogens (tertiary/aromatic N) is 1. The summed E-state index contributed by atoms with van der Waals surface area (Å²) in [6.45, 7) is 1.06. The number of esters is 1. The van der Waals surface area contributed by atoms with E-state index in [4.69, 9.17) is 9.84 Å². The summed E-state index contributed by atoms with van der Waals surface area (Å²) in [4.78, 5) is 22.9. The Bertz CT molecular complexity index is 925. The van der Waals surface area contributed by atoms with Crippen molar-refractivity contribution in [3.05, 3.63) is 48.5 Å². The molecule has 0 aliphatic carbocycles. The van der Waals surface area contributed by atoms with Crippen molar-refractivity contribution in [1.29, 1.82) is 0 Å². The quantitative estimate of drug-likeness (QED) is 0.690. The lowest BCUT2D eigenvalue weighted by molar-refractivity contribution is -0.157. The van der Waals surface area contributed by atoms with Crippen LogP contribution in [0.3, 0.4) is 0 Å². The van der Waals surface area contributed by atoms with Crippen molar-refractivity contribution in [2.24, 2.45) is 0 Å². The van der Waals surface area contributed by atoms with Crippen LogP contribution in [0, 0.1) is 0 Å². The summed E-state index contributed by atoms with van der Waals surface area (Å²) in [5.41, 5.74) is 2.22. The van der Waals surface area contributed by atoms with Gasteiger partial charge < -0.3 is 19.7 Å². The minimum Gasteiger partial charge on any atom is -0.481 e.